The van der Waals surface area contributed by atoms with Crippen LogP contribution in [0.1, 0.15) is 48.5 Å². The van der Waals surface area contributed by atoms with Crippen molar-refractivity contribution in [3.8, 4) is 10.4 Å². The van der Waals surface area contributed by atoms with E-state index in [4.69, 9.17) is 5.73 Å². The first-order valence-corrected chi connectivity index (χ1v) is 10.7. The molecule has 6 nitrogen and oxygen atoms in total. The molecule has 13 heteroatoms. The highest BCUT2D eigenvalue weighted by Gasteiger charge is 2.59. The number of hydrogen-bond donors (Lipinski definition) is 2. The van der Waals surface area contributed by atoms with E-state index >= 15 is 0 Å². The number of hydrogen-bond acceptors (Lipinski definition) is 6. The maximum absolute atomic E-state index is 13.9. The van der Waals surface area contributed by atoms with Gasteiger partial charge in [-0.1, -0.05) is 6.42 Å². The molecule has 2 aromatic rings. The molecule has 33 heavy (non-hydrogen) atoms. The molecule has 0 unspecified atom stereocenters. The number of aromatic nitrogens is 2. The molecular formula is C20H22F6N4O2S. The molecule has 2 aromatic heterocycles. The van der Waals surface area contributed by atoms with Crippen molar-refractivity contribution in [1.82, 2.24) is 9.97 Å². The molecule has 1 saturated carbocycles. The molecule has 3 rings (SSSR count). The van der Waals surface area contributed by atoms with Gasteiger partial charge in [0.15, 0.2) is 5.01 Å². The molecule has 1 aliphatic carbocycles. The summed E-state index contributed by atoms with van der Waals surface area (Å²) in [5.74, 6) is -1.25. The van der Waals surface area contributed by atoms with Gasteiger partial charge in [0.1, 0.15) is 5.82 Å². The number of thiazole rings is 1. The molecule has 0 bridgehead atoms. The van der Waals surface area contributed by atoms with Crippen LogP contribution in [-0.4, -0.2) is 45.8 Å². The number of pyridine rings is 1. The second kappa shape index (κ2) is 8.42. The van der Waals surface area contributed by atoms with Gasteiger partial charge >= 0.3 is 12.4 Å². The molecule has 1 aliphatic rings. The lowest BCUT2D eigenvalue weighted by Gasteiger charge is -2.47. The lowest BCUT2D eigenvalue weighted by molar-refractivity contribution is -0.246. The van der Waals surface area contributed by atoms with Gasteiger partial charge in [-0.25, -0.2) is 9.97 Å². The van der Waals surface area contributed by atoms with Crippen molar-refractivity contribution >= 4 is 23.1 Å². The minimum absolute atomic E-state index is 0.0185. The number of halogens is 6. The molecule has 3 N–H and O–H groups in total. The standard InChI is InChI=1S/C20H22F6N4O2S/c1-17(2,32)9-30(10-18(4-3-5-18)20(24,25)26)14-6-12(19(21,22)23)11(7-28-14)13-8-29-16(33-13)15(27)31/h6-8,32H,3-5,9-10H2,1-2H3,(H2,27,31). The van der Waals surface area contributed by atoms with Crippen molar-refractivity contribution in [2.45, 2.75) is 51.1 Å². The number of carbonyl (C=O) groups is 1. The summed E-state index contributed by atoms with van der Waals surface area (Å²) in [5, 5.41) is 10.0. The number of nitrogens with zero attached hydrogens (tertiary/aromatic N) is 3. The van der Waals surface area contributed by atoms with Crippen molar-refractivity contribution in [1.29, 1.82) is 0 Å². The Hall–Kier alpha value is -2.41. The number of aliphatic hydroxyl groups is 1. The van der Waals surface area contributed by atoms with Crippen LogP contribution in [0.25, 0.3) is 10.4 Å². The van der Waals surface area contributed by atoms with Gasteiger partial charge < -0.3 is 15.7 Å². The van der Waals surface area contributed by atoms with Gasteiger partial charge in [0, 0.05) is 31.0 Å². The summed E-state index contributed by atoms with van der Waals surface area (Å²) >= 11 is 0.647. The Kier molecular flexibility index (Phi) is 6.44. The monoisotopic (exact) mass is 496 g/mol. The summed E-state index contributed by atoms with van der Waals surface area (Å²) in [5.41, 5.74) is 0.00673. The van der Waals surface area contributed by atoms with Gasteiger partial charge in [-0.2, -0.15) is 26.3 Å². The number of rotatable bonds is 7. The van der Waals surface area contributed by atoms with Gasteiger partial charge in [-0.15, -0.1) is 11.3 Å². The predicted molar refractivity (Wildman–Crippen MR) is 110 cm³/mol. The van der Waals surface area contributed by atoms with Crippen molar-refractivity contribution in [2.24, 2.45) is 11.1 Å². The van der Waals surface area contributed by atoms with E-state index in [0.717, 1.165) is 17.3 Å². The summed E-state index contributed by atoms with van der Waals surface area (Å²) in [6.07, 6.45) is -7.44. The van der Waals surface area contributed by atoms with E-state index in [1.807, 2.05) is 0 Å². The third-order valence-electron chi connectivity index (χ3n) is 5.48. The van der Waals surface area contributed by atoms with Crippen LogP contribution in [0.5, 0.6) is 0 Å². The number of primary amides is 1. The van der Waals surface area contributed by atoms with Crippen molar-refractivity contribution < 1.29 is 36.2 Å². The second-order valence-electron chi connectivity index (χ2n) is 8.78. The minimum atomic E-state index is -4.87. The Morgan fingerprint density at radius 3 is 2.24 bits per heavy atom. The summed E-state index contributed by atoms with van der Waals surface area (Å²) in [4.78, 5) is 20.0. The van der Waals surface area contributed by atoms with Crippen LogP contribution in [0.2, 0.25) is 0 Å². The predicted octanol–water partition coefficient (Wildman–Crippen LogP) is 4.63. The Balaban J connectivity index is 2.07. The molecule has 0 aromatic carbocycles. The zero-order valence-electron chi connectivity index (χ0n) is 17.7. The highest BCUT2D eigenvalue weighted by atomic mass is 32.1. The zero-order valence-corrected chi connectivity index (χ0v) is 18.5. The van der Waals surface area contributed by atoms with Crippen molar-refractivity contribution in [3.05, 3.63) is 29.0 Å². The summed E-state index contributed by atoms with van der Waals surface area (Å²) < 4.78 is 83.0. The first-order valence-electron chi connectivity index (χ1n) is 9.90. The second-order valence-corrected chi connectivity index (χ2v) is 9.81. The van der Waals surface area contributed by atoms with Gasteiger partial charge in [0.25, 0.3) is 5.91 Å². The fraction of sp³-hybridized carbons (Fsp3) is 0.550. The van der Waals surface area contributed by atoms with E-state index in [9.17, 15) is 36.2 Å². The topological polar surface area (TPSA) is 92.3 Å². The lowest BCUT2D eigenvalue weighted by Crippen LogP contribution is -2.54. The van der Waals surface area contributed by atoms with E-state index in [-0.39, 0.29) is 40.7 Å². The Morgan fingerprint density at radius 2 is 1.82 bits per heavy atom. The van der Waals surface area contributed by atoms with Crippen LogP contribution in [0.3, 0.4) is 0 Å². The molecule has 0 radical (unpaired) electrons. The van der Waals surface area contributed by atoms with Gasteiger partial charge in [-0.05, 0) is 32.8 Å². The van der Waals surface area contributed by atoms with Gasteiger partial charge in [0.05, 0.1) is 21.5 Å². The Labute approximate surface area is 189 Å². The fourth-order valence-corrected chi connectivity index (χ4v) is 4.54. The molecule has 0 saturated heterocycles. The number of carbonyl (C=O) groups excluding carboxylic acids is 1. The average molecular weight is 496 g/mol. The lowest BCUT2D eigenvalue weighted by atomic mass is 9.67. The van der Waals surface area contributed by atoms with Crippen LogP contribution in [-0.2, 0) is 6.18 Å². The fourth-order valence-electron chi connectivity index (χ4n) is 3.75. The average Bonchev–Trinajstić information content (AvgIpc) is 3.10. The van der Waals surface area contributed by atoms with Crippen molar-refractivity contribution in [2.75, 3.05) is 18.0 Å². The molecule has 1 fully saturated rings. The summed E-state index contributed by atoms with van der Waals surface area (Å²) in [7, 11) is 0. The van der Waals surface area contributed by atoms with Gasteiger partial charge in [-0.3, -0.25) is 4.79 Å². The van der Waals surface area contributed by atoms with E-state index in [1.54, 1.807) is 0 Å². The van der Waals surface area contributed by atoms with Crippen LogP contribution < -0.4 is 10.6 Å². The number of amides is 1. The maximum atomic E-state index is 13.9. The number of nitrogens with two attached hydrogens (primary N) is 1. The van der Waals surface area contributed by atoms with Crippen LogP contribution in [0.4, 0.5) is 32.2 Å². The molecule has 0 aliphatic heterocycles. The SMILES string of the molecule is CC(C)(O)CN(CC1(C(F)(F)F)CCC1)c1cc(C(F)(F)F)c(-c2cnc(C(N)=O)s2)cn1. The van der Waals surface area contributed by atoms with E-state index < -0.39 is 41.4 Å². The van der Waals surface area contributed by atoms with E-state index in [1.165, 1.54) is 13.8 Å². The van der Waals surface area contributed by atoms with Crippen LogP contribution in [0, 0.1) is 5.41 Å². The molecule has 1 amide bonds. The first kappa shape index (κ1) is 25.2. The zero-order chi connectivity index (χ0) is 24.8. The minimum Gasteiger partial charge on any atom is -0.389 e. The number of anilines is 1. The molecule has 182 valence electrons. The Bertz CT molecular complexity index is 1020. The Morgan fingerprint density at radius 1 is 1.18 bits per heavy atom. The largest absolute Gasteiger partial charge is 0.417 e. The molecule has 0 atom stereocenters. The van der Waals surface area contributed by atoms with E-state index in [0.29, 0.717) is 23.8 Å². The normalized spacial score (nSPS) is 16.4. The quantitative estimate of drug-likeness (QED) is 0.546. The number of alkyl halides is 6. The van der Waals surface area contributed by atoms with Gasteiger partial charge in [0.2, 0.25) is 0 Å². The first-order chi connectivity index (χ1) is 15.0. The summed E-state index contributed by atoms with van der Waals surface area (Å²) in [6, 6.07) is 0.660. The molecular weight excluding hydrogens is 474 g/mol. The molecule has 2 heterocycles. The molecule has 0 spiro atoms. The third-order valence-corrected chi connectivity index (χ3v) is 6.53. The maximum Gasteiger partial charge on any atom is 0.417 e. The highest BCUT2D eigenvalue weighted by molar-refractivity contribution is 7.17. The van der Waals surface area contributed by atoms with E-state index in [2.05, 4.69) is 9.97 Å². The smallest absolute Gasteiger partial charge is 0.389 e. The third kappa shape index (κ3) is 5.40. The van der Waals surface area contributed by atoms with Crippen LogP contribution in [0.15, 0.2) is 18.5 Å². The van der Waals surface area contributed by atoms with Crippen molar-refractivity contribution in [3.63, 3.8) is 0 Å². The highest BCUT2D eigenvalue weighted by Crippen LogP contribution is 2.54. The summed E-state index contributed by atoms with van der Waals surface area (Å²) in [6.45, 7) is 1.71. The van der Waals surface area contributed by atoms with Crippen LogP contribution >= 0.6 is 11.3 Å².